The van der Waals surface area contributed by atoms with Crippen LogP contribution in [0.15, 0.2) is 53.4 Å². The van der Waals surface area contributed by atoms with Gasteiger partial charge in [-0.15, -0.1) is 0 Å². The Labute approximate surface area is 159 Å². The monoisotopic (exact) mass is 392 g/mol. The van der Waals surface area contributed by atoms with Crippen molar-refractivity contribution in [2.24, 2.45) is 0 Å². The van der Waals surface area contributed by atoms with Gasteiger partial charge in [-0.3, -0.25) is 4.79 Å². The van der Waals surface area contributed by atoms with Crippen LogP contribution in [0.4, 0.5) is 5.69 Å². The summed E-state index contributed by atoms with van der Waals surface area (Å²) in [5.74, 6) is 0.811. The number of amides is 1. The molecule has 0 aromatic heterocycles. The van der Waals surface area contributed by atoms with Crippen molar-refractivity contribution in [2.45, 2.75) is 31.7 Å². The van der Waals surface area contributed by atoms with E-state index in [1.807, 2.05) is 13.8 Å². The first-order valence-corrected chi connectivity index (χ1v) is 10.1. The summed E-state index contributed by atoms with van der Waals surface area (Å²) in [6.07, 6.45) is 0. The van der Waals surface area contributed by atoms with Gasteiger partial charge in [0.05, 0.1) is 24.2 Å². The van der Waals surface area contributed by atoms with Crippen LogP contribution < -0.4 is 19.5 Å². The Morgan fingerprint density at radius 1 is 0.926 bits per heavy atom. The SMILES string of the molecule is CCOc1ccc(NC(=O)[C@H](C)NS(=O)(=O)c2ccc(OCC)cc2)cc1. The van der Waals surface area contributed by atoms with Crippen molar-refractivity contribution in [3.05, 3.63) is 48.5 Å². The number of anilines is 1. The lowest BCUT2D eigenvalue weighted by atomic mass is 10.2. The predicted octanol–water partition coefficient (Wildman–Crippen LogP) is 2.79. The van der Waals surface area contributed by atoms with E-state index in [-0.39, 0.29) is 4.90 Å². The third-order valence-electron chi connectivity index (χ3n) is 3.60. The first-order valence-electron chi connectivity index (χ1n) is 8.64. The van der Waals surface area contributed by atoms with E-state index in [2.05, 4.69) is 10.0 Å². The van der Waals surface area contributed by atoms with E-state index < -0.39 is 22.0 Å². The zero-order chi connectivity index (χ0) is 19.9. The number of ether oxygens (including phenoxy) is 2. The lowest BCUT2D eigenvalue weighted by Gasteiger charge is -2.15. The van der Waals surface area contributed by atoms with Crippen LogP contribution >= 0.6 is 0 Å². The van der Waals surface area contributed by atoms with Crippen molar-refractivity contribution in [3.8, 4) is 11.5 Å². The van der Waals surface area contributed by atoms with Gasteiger partial charge < -0.3 is 14.8 Å². The van der Waals surface area contributed by atoms with E-state index >= 15 is 0 Å². The highest BCUT2D eigenvalue weighted by Crippen LogP contribution is 2.17. The van der Waals surface area contributed by atoms with Crippen molar-refractivity contribution in [3.63, 3.8) is 0 Å². The molecule has 1 amide bonds. The van der Waals surface area contributed by atoms with Gasteiger partial charge in [0.15, 0.2) is 0 Å². The second kappa shape index (κ2) is 9.38. The van der Waals surface area contributed by atoms with Crippen molar-refractivity contribution >= 4 is 21.6 Å². The molecule has 2 N–H and O–H groups in total. The second-order valence-corrected chi connectivity index (χ2v) is 7.41. The molecule has 27 heavy (non-hydrogen) atoms. The summed E-state index contributed by atoms with van der Waals surface area (Å²) in [7, 11) is -3.83. The van der Waals surface area contributed by atoms with Crippen molar-refractivity contribution in [1.29, 1.82) is 0 Å². The van der Waals surface area contributed by atoms with Gasteiger partial charge in [-0.1, -0.05) is 0 Å². The maximum absolute atomic E-state index is 12.4. The molecule has 0 aliphatic rings. The predicted molar refractivity (Wildman–Crippen MR) is 104 cm³/mol. The lowest BCUT2D eigenvalue weighted by Crippen LogP contribution is -2.41. The minimum Gasteiger partial charge on any atom is -0.494 e. The van der Waals surface area contributed by atoms with Gasteiger partial charge in [0.2, 0.25) is 15.9 Å². The van der Waals surface area contributed by atoms with Crippen LogP contribution in [0.2, 0.25) is 0 Å². The molecule has 0 aliphatic carbocycles. The summed E-state index contributed by atoms with van der Waals surface area (Å²) in [5, 5.41) is 2.67. The molecule has 0 saturated carbocycles. The Morgan fingerprint density at radius 2 is 1.41 bits per heavy atom. The van der Waals surface area contributed by atoms with Gasteiger partial charge in [-0.2, -0.15) is 4.72 Å². The first-order chi connectivity index (χ1) is 12.9. The van der Waals surface area contributed by atoms with Crippen molar-refractivity contribution in [1.82, 2.24) is 4.72 Å². The molecule has 0 bridgehead atoms. The van der Waals surface area contributed by atoms with Crippen LogP contribution in [0.1, 0.15) is 20.8 Å². The van der Waals surface area contributed by atoms with E-state index in [1.54, 1.807) is 36.4 Å². The summed E-state index contributed by atoms with van der Waals surface area (Å²) in [5.41, 5.74) is 0.551. The molecule has 2 rings (SSSR count). The standard InChI is InChI=1S/C19H24N2O5S/c1-4-25-16-8-6-15(7-9-16)20-19(22)14(3)21-27(23,24)18-12-10-17(11-13-18)26-5-2/h6-14,21H,4-5H2,1-3H3,(H,20,22)/t14-/m0/s1. The van der Waals surface area contributed by atoms with Crippen LogP contribution in [-0.2, 0) is 14.8 Å². The molecule has 146 valence electrons. The van der Waals surface area contributed by atoms with Crippen LogP contribution in [0.3, 0.4) is 0 Å². The van der Waals surface area contributed by atoms with Crippen molar-refractivity contribution < 1.29 is 22.7 Å². The van der Waals surface area contributed by atoms with E-state index in [9.17, 15) is 13.2 Å². The largest absolute Gasteiger partial charge is 0.494 e. The maximum Gasteiger partial charge on any atom is 0.242 e. The average Bonchev–Trinajstić information content (AvgIpc) is 2.64. The normalized spacial score (nSPS) is 12.3. The molecule has 0 saturated heterocycles. The summed E-state index contributed by atoms with van der Waals surface area (Å²) < 4.78 is 37.9. The fraction of sp³-hybridized carbons (Fsp3) is 0.316. The fourth-order valence-electron chi connectivity index (χ4n) is 2.29. The van der Waals surface area contributed by atoms with Gasteiger partial charge >= 0.3 is 0 Å². The van der Waals surface area contributed by atoms with E-state index in [0.29, 0.717) is 30.4 Å². The molecular formula is C19H24N2O5S. The number of rotatable bonds is 9. The summed E-state index contributed by atoms with van der Waals surface area (Å²) in [6.45, 7) is 6.25. The lowest BCUT2D eigenvalue weighted by molar-refractivity contribution is -0.117. The second-order valence-electron chi connectivity index (χ2n) is 5.69. The molecule has 2 aromatic rings. The van der Waals surface area contributed by atoms with Crippen LogP contribution in [0, 0.1) is 0 Å². The Morgan fingerprint density at radius 3 is 1.89 bits per heavy atom. The number of carbonyl (C=O) groups is 1. The third-order valence-corrected chi connectivity index (χ3v) is 5.16. The third kappa shape index (κ3) is 5.97. The van der Waals surface area contributed by atoms with Gasteiger partial charge in [-0.05, 0) is 69.3 Å². The molecule has 0 radical (unpaired) electrons. The number of benzene rings is 2. The smallest absolute Gasteiger partial charge is 0.242 e. The minimum atomic E-state index is -3.83. The van der Waals surface area contributed by atoms with Crippen LogP contribution in [0.25, 0.3) is 0 Å². The summed E-state index contributed by atoms with van der Waals surface area (Å²) in [4.78, 5) is 12.3. The number of hydrogen-bond donors (Lipinski definition) is 2. The number of hydrogen-bond acceptors (Lipinski definition) is 5. The Hall–Kier alpha value is -2.58. The molecule has 0 unspecified atom stereocenters. The summed E-state index contributed by atoms with van der Waals surface area (Å²) in [6, 6.07) is 11.9. The quantitative estimate of drug-likeness (QED) is 0.684. The van der Waals surface area contributed by atoms with Gasteiger partial charge in [0.1, 0.15) is 11.5 Å². The first kappa shape index (κ1) is 20.7. The van der Waals surface area contributed by atoms with E-state index in [0.717, 1.165) is 0 Å². The van der Waals surface area contributed by atoms with Crippen molar-refractivity contribution in [2.75, 3.05) is 18.5 Å². The zero-order valence-electron chi connectivity index (χ0n) is 15.6. The van der Waals surface area contributed by atoms with Gasteiger partial charge in [-0.25, -0.2) is 8.42 Å². The number of nitrogens with one attached hydrogen (secondary N) is 2. The molecule has 0 fully saturated rings. The number of carbonyl (C=O) groups excluding carboxylic acids is 1. The molecule has 0 spiro atoms. The van der Waals surface area contributed by atoms with Gasteiger partial charge in [0, 0.05) is 5.69 Å². The topological polar surface area (TPSA) is 93.7 Å². The molecule has 1 atom stereocenters. The van der Waals surface area contributed by atoms with Gasteiger partial charge in [0.25, 0.3) is 0 Å². The van der Waals surface area contributed by atoms with Crippen LogP contribution in [-0.4, -0.2) is 33.6 Å². The molecule has 2 aromatic carbocycles. The highest BCUT2D eigenvalue weighted by atomic mass is 32.2. The van der Waals surface area contributed by atoms with E-state index in [1.165, 1.54) is 19.1 Å². The molecule has 0 aliphatic heterocycles. The Kier molecular flexibility index (Phi) is 7.20. The zero-order valence-corrected chi connectivity index (χ0v) is 16.4. The van der Waals surface area contributed by atoms with E-state index in [4.69, 9.17) is 9.47 Å². The highest BCUT2D eigenvalue weighted by molar-refractivity contribution is 7.89. The Balaban J connectivity index is 1.99. The molecule has 8 heteroatoms. The summed E-state index contributed by atoms with van der Waals surface area (Å²) >= 11 is 0. The minimum absolute atomic E-state index is 0.0617. The maximum atomic E-state index is 12.4. The average molecular weight is 392 g/mol. The number of sulfonamides is 1. The fourth-order valence-corrected chi connectivity index (χ4v) is 3.49. The molecular weight excluding hydrogens is 368 g/mol. The molecule has 0 heterocycles. The molecule has 7 nitrogen and oxygen atoms in total. The van der Waals surface area contributed by atoms with Crippen LogP contribution in [0.5, 0.6) is 11.5 Å². The highest BCUT2D eigenvalue weighted by Gasteiger charge is 2.22. The Bertz CT molecular complexity index is 849.